The lowest BCUT2D eigenvalue weighted by atomic mass is 10.0. The van der Waals surface area contributed by atoms with Crippen LogP contribution in [0.3, 0.4) is 0 Å². The largest absolute Gasteiger partial charge is 0.481 e. The Kier molecular flexibility index (Phi) is 39.9. The van der Waals surface area contributed by atoms with E-state index in [0.717, 1.165) is 38.5 Å². The number of rotatable bonds is 44. The van der Waals surface area contributed by atoms with Crippen molar-refractivity contribution in [1.82, 2.24) is 21.3 Å². The maximum Gasteiger partial charge on any atom is 0.326 e. The van der Waals surface area contributed by atoms with Crippen molar-refractivity contribution in [3.63, 3.8) is 0 Å². The Morgan fingerprint density at radius 1 is 0.466 bits per heavy atom. The van der Waals surface area contributed by atoms with Crippen molar-refractivity contribution in [2.45, 2.75) is 141 Å². The number of carbonyl (C=O) groups is 6. The Bertz CT molecular complexity index is 1080. The molecule has 0 aliphatic rings. The van der Waals surface area contributed by atoms with Crippen LogP contribution in [0.2, 0.25) is 0 Å². The molecule has 0 saturated carbocycles. The number of amides is 4. The Labute approximate surface area is 349 Å². The second kappa shape index (κ2) is 42.1. The highest BCUT2D eigenvalue weighted by Gasteiger charge is 2.19. The molecule has 0 rings (SSSR count). The SMILES string of the molecule is O=C(O)CCCCCCCCCCCCCCCCCCC(=O)NCCOCCOCC(=O)NCCOCCOCC(=O)NC(CCCCNC(=O)CSF)C(=O)O. The second-order valence-corrected chi connectivity index (χ2v) is 14.6. The summed E-state index contributed by atoms with van der Waals surface area (Å²) in [5.74, 6) is -3.47. The van der Waals surface area contributed by atoms with Gasteiger partial charge in [0.15, 0.2) is 0 Å². The average molecular weight is 853 g/mol. The van der Waals surface area contributed by atoms with Gasteiger partial charge in [-0.15, -0.1) is 0 Å². The van der Waals surface area contributed by atoms with Crippen LogP contribution in [0.25, 0.3) is 0 Å². The third kappa shape index (κ3) is 41.1. The molecule has 0 aliphatic carbocycles. The van der Waals surface area contributed by atoms with E-state index >= 15 is 0 Å². The molecular weight excluding hydrogens is 780 g/mol. The highest BCUT2D eigenvalue weighted by atomic mass is 32.2. The Morgan fingerprint density at radius 2 is 0.897 bits per heavy atom. The number of nitrogens with one attached hydrogen (secondary N) is 4. The number of carbonyl (C=O) groups excluding carboxylic acids is 4. The molecule has 16 nitrogen and oxygen atoms in total. The van der Waals surface area contributed by atoms with Gasteiger partial charge in [-0.2, -0.15) is 3.89 Å². The fourth-order valence-corrected chi connectivity index (χ4v) is 5.97. The van der Waals surface area contributed by atoms with Gasteiger partial charge in [0.05, 0.1) is 51.8 Å². The van der Waals surface area contributed by atoms with E-state index in [-0.39, 0.29) is 88.9 Å². The summed E-state index contributed by atoms with van der Waals surface area (Å²) >= 11 is -0.0779. The lowest BCUT2D eigenvalue weighted by Gasteiger charge is -2.14. The number of unbranched alkanes of at least 4 members (excludes halogenated alkanes) is 16. The number of aliphatic carboxylic acids is 2. The number of ether oxygens (including phenoxy) is 4. The standard InChI is InChI=1S/C40H73FN4O12S/c41-58-33-38(49)42-22-18-17-19-34(40(52)53)45-37(48)32-57-30-28-55-26-24-44-36(47)31-56-29-27-54-25-23-43-35(46)20-15-13-11-9-7-5-3-1-2-4-6-8-10-12-14-16-21-39(50)51/h34H,1-33H2,(H,42,49)(H,43,46)(H,44,47)(H,45,48)(H,50,51)(H,52,53). The molecular formula is C40H73FN4O12S. The van der Waals surface area contributed by atoms with Crippen molar-refractivity contribution in [3.8, 4) is 0 Å². The summed E-state index contributed by atoms with van der Waals surface area (Å²) < 4.78 is 33.3. The lowest BCUT2D eigenvalue weighted by molar-refractivity contribution is -0.143. The zero-order valence-electron chi connectivity index (χ0n) is 34.7. The van der Waals surface area contributed by atoms with Crippen LogP contribution in [0.15, 0.2) is 0 Å². The summed E-state index contributed by atoms with van der Waals surface area (Å²) in [5.41, 5.74) is 0. The van der Waals surface area contributed by atoms with Crippen molar-refractivity contribution in [1.29, 1.82) is 0 Å². The van der Waals surface area contributed by atoms with Crippen LogP contribution < -0.4 is 21.3 Å². The minimum absolute atomic E-state index is 0.0297. The van der Waals surface area contributed by atoms with Crippen LogP contribution in [0.1, 0.15) is 135 Å². The molecule has 4 amide bonds. The van der Waals surface area contributed by atoms with Crippen LogP contribution in [0, 0.1) is 0 Å². The predicted molar refractivity (Wildman–Crippen MR) is 220 cm³/mol. The summed E-state index contributed by atoms with van der Waals surface area (Å²) in [5, 5.41) is 28.4. The molecule has 0 spiro atoms. The average Bonchev–Trinajstić information content (AvgIpc) is 3.18. The quantitative estimate of drug-likeness (QED) is 0.0451. The number of carboxylic acids is 2. The van der Waals surface area contributed by atoms with E-state index in [1.165, 1.54) is 64.2 Å². The third-order valence-corrected chi connectivity index (χ3v) is 9.32. The molecule has 6 N–H and O–H groups in total. The van der Waals surface area contributed by atoms with Gasteiger partial charge in [-0.25, -0.2) is 4.79 Å². The second-order valence-electron chi connectivity index (χ2n) is 14.1. The zero-order chi connectivity index (χ0) is 42.7. The minimum Gasteiger partial charge on any atom is -0.481 e. The Hall–Kier alpha value is -3.06. The Balaban J connectivity index is 3.47. The van der Waals surface area contributed by atoms with Crippen molar-refractivity contribution in [2.75, 3.05) is 78.2 Å². The van der Waals surface area contributed by atoms with Crippen LogP contribution in [0.5, 0.6) is 0 Å². The smallest absolute Gasteiger partial charge is 0.326 e. The molecule has 0 heterocycles. The monoisotopic (exact) mass is 852 g/mol. The zero-order valence-corrected chi connectivity index (χ0v) is 35.5. The Morgan fingerprint density at radius 3 is 1.38 bits per heavy atom. The number of hydrogen-bond donors (Lipinski definition) is 6. The molecule has 0 bridgehead atoms. The fraction of sp³-hybridized carbons (Fsp3) is 0.850. The fourth-order valence-electron chi connectivity index (χ4n) is 5.77. The molecule has 18 heteroatoms. The van der Waals surface area contributed by atoms with Gasteiger partial charge in [0.25, 0.3) is 0 Å². The summed E-state index contributed by atoms with van der Waals surface area (Å²) in [7, 11) is 0. The topological polar surface area (TPSA) is 228 Å². The molecule has 1 unspecified atom stereocenters. The number of halogens is 1. The van der Waals surface area contributed by atoms with E-state index in [0.29, 0.717) is 45.4 Å². The van der Waals surface area contributed by atoms with Crippen LogP contribution in [-0.4, -0.2) is 130 Å². The molecule has 1 atom stereocenters. The first kappa shape index (κ1) is 54.9. The third-order valence-electron chi connectivity index (χ3n) is 8.95. The summed E-state index contributed by atoms with van der Waals surface area (Å²) in [6, 6.07) is -1.10. The first-order valence-electron chi connectivity index (χ1n) is 21.2. The number of carboxylic acid groups (broad SMARTS) is 2. The molecule has 338 valence electrons. The van der Waals surface area contributed by atoms with Gasteiger partial charge in [-0.3, -0.25) is 24.0 Å². The highest BCUT2D eigenvalue weighted by molar-refractivity contribution is 7.95. The van der Waals surface area contributed by atoms with E-state index in [2.05, 4.69) is 21.3 Å². The van der Waals surface area contributed by atoms with Crippen molar-refractivity contribution in [3.05, 3.63) is 0 Å². The molecule has 0 aromatic rings. The van der Waals surface area contributed by atoms with Gasteiger partial charge < -0.3 is 50.4 Å². The maximum atomic E-state index is 12.0. The van der Waals surface area contributed by atoms with Crippen LogP contribution >= 0.6 is 12.1 Å². The summed E-state index contributed by atoms with van der Waals surface area (Å²) in [6.07, 6.45) is 20.7. The minimum atomic E-state index is -1.18. The van der Waals surface area contributed by atoms with E-state index in [1.54, 1.807) is 0 Å². The molecule has 0 radical (unpaired) electrons. The maximum absolute atomic E-state index is 12.0. The van der Waals surface area contributed by atoms with E-state index in [1.807, 2.05) is 0 Å². The normalized spacial score (nSPS) is 11.5. The van der Waals surface area contributed by atoms with Gasteiger partial charge in [0, 0.05) is 32.5 Å². The van der Waals surface area contributed by atoms with Crippen molar-refractivity contribution in [2.24, 2.45) is 0 Å². The molecule has 0 aromatic carbocycles. The van der Waals surface area contributed by atoms with Crippen LogP contribution in [0.4, 0.5) is 3.89 Å². The van der Waals surface area contributed by atoms with Crippen molar-refractivity contribution >= 4 is 47.7 Å². The van der Waals surface area contributed by atoms with E-state index in [4.69, 9.17) is 24.1 Å². The molecule has 0 aliphatic heterocycles. The number of hydrogen-bond acceptors (Lipinski definition) is 11. The van der Waals surface area contributed by atoms with E-state index < -0.39 is 29.8 Å². The predicted octanol–water partition coefficient (Wildman–Crippen LogP) is 4.87. The lowest BCUT2D eigenvalue weighted by Crippen LogP contribution is -2.42. The van der Waals surface area contributed by atoms with Gasteiger partial charge in [0.2, 0.25) is 23.6 Å². The van der Waals surface area contributed by atoms with Crippen molar-refractivity contribution < 1.29 is 61.8 Å². The summed E-state index contributed by atoms with van der Waals surface area (Å²) in [6.45, 7) is 1.85. The molecule has 0 saturated heterocycles. The van der Waals surface area contributed by atoms with E-state index in [9.17, 15) is 37.8 Å². The van der Waals surface area contributed by atoms with Gasteiger partial charge in [-0.1, -0.05) is 89.9 Å². The molecule has 0 aromatic heterocycles. The van der Waals surface area contributed by atoms with Gasteiger partial charge >= 0.3 is 11.9 Å². The molecule has 58 heavy (non-hydrogen) atoms. The van der Waals surface area contributed by atoms with Gasteiger partial charge in [-0.05, 0) is 32.1 Å². The highest BCUT2D eigenvalue weighted by Crippen LogP contribution is 2.14. The molecule has 0 fully saturated rings. The van der Waals surface area contributed by atoms with Gasteiger partial charge in [0.1, 0.15) is 25.0 Å². The first-order valence-corrected chi connectivity index (χ1v) is 22.1. The summed E-state index contributed by atoms with van der Waals surface area (Å²) in [4.78, 5) is 69.0. The van der Waals surface area contributed by atoms with Crippen LogP contribution in [-0.2, 0) is 47.7 Å². The first-order chi connectivity index (χ1) is 28.1.